The Labute approximate surface area is 105 Å². The van der Waals surface area contributed by atoms with Crippen molar-refractivity contribution in [3.05, 3.63) is 40.1 Å². The molecule has 88 valence electrons. The second-order valence-electron chi connectivity index (χ2n) is 3.06. The molecule has 4 nitrogen and oxygen atoms in total. The van der Waals surface area contributed by atoms with Gasteiger partial charge in [0.05, 0.1) is 16.9 Å². The smallest absolute Gasteiger partial charge is 0.347 e. The van der Waals surface area contributed by atoms with Crippen molar-refractivity contribution in [2.45, 2.75) is 0 Å². The highest BCUT2D eigenvalue weighted by atomic mass is 35.5. The number of anilines is 2. The van der Waals surface area contributed by atoms with Crippen LogP contribution in [0.4, 0.5) is 15.2 Å². The van der Waals surface area contributed by atoms with E-state index in [1.807, 2.05) is 0 Å². The molecule has 1 heterocycles. The summed E-state index contributed by atoms with van der Waals surface area (Å²) in [6, 6.07) is 4.50. The minimum absolute atomic E-state index is 0.00925. The van der Waals surface area contributed by atoms with Gasteiger partial charge in [-0.25, -0.2) is 14.2 Å². The van der Waals surface area contributed by atoms with Gasteiger partial charge in [-0.3, -0.25) is 0 Å². The summed E-state index contributed by atoms with van der Waals surface area (Å²) < 4.78 is 13.5. The van der Waals surface area contributed by atoms with Crippen LogP contribution < -0.4 is 5.32 Å². The fourth-order valence-corrected chi connectivity index (χ4v) is 1.99. The van der Waals surface area contributed by atoms with Crippen LogP contribution in [0.25, 0.3) is 0 Å². The molecule has 2 N–H and O–H groups in total. The van der Waals surface area contributed by atoms with Crippen molar-refractivity contribution in [1.82, 2.24) is 4.98 Å². The van der Waals surface area contributed by atoms with Crippen molar-refractivity contribution in [2.24, 2.45) is 0 Å². The molecule has 0 aliphatic carbocycles. The molecule has 0 saturated carbocycles. The summed E-state index contributed by atoms with van der Waals surface area (Å²) in [7, 11) is 0. The summed E-state index contributed by atoms with van der Waals surface area (Å²) in [5.41, 5.74) is 0.156. The number of hydrogen-bond acceptors (Lipinski definition) is 4. The van der Waals surface area contributed by atoms with E-state index in [-0.39, 0.29) is 15.6 Å². The molecule has 0 spiro atoms. The van der Waals surface area contributed by atoms with Gasteiger partial charge in [-0.1, -0.05) is 29.0 Å². The van der Waals surface area contributed by atoms with Gasteiger partial charge in [-0.05, 0) is 12.1 Å². The highest BCUT2D eigenvalue weighted by Gasteiger charge is 2.11. The van der Waals surface area contributed by atoms with Crippen LogP contribution in [-0.2, 0) is 0 Å². The normalized spacial score (nSPS) is 10.2. The van der Waals surface area contributed by atoms with Crippen molar-refractivity contribution in [3.8, 4) is 0 Å². The molecule has 0 bridgehead atoms. The van der Waals surface area contributed by atoms with Crippen LogP contribution in [0.15, 0.2) is 24.4 Å². The Bertz CT molecular complexity index is 573. The van der Waals surface area contributed by atoms with Crippen molar-refractivity contribution < 1.29 is 14.3 Å². The highest BCUT2D eigenvalue weighted by molar-refractivity contribution is 7.17. The summed E-state index contributed by atoms with van der Waals surface area (Å²) in [6.45, 7) is 0. The minimum Gasteiger partial charge on any atom is -0.477 e. The van der Waals surface area contributed by atoms with Crippen LogP contribution in [0, 0.1) is 5.82 Å². The number of carboxylic acid groups (broad SMARTS) is 1. The summed E-state index contributed by atoms with van der Waals surface area (Å²) in [6.07, 6.45) is 1.21. The topological polar surface area (TPSA) is 62.2 Å². The molecule has 2 rings (SSSR count). The van der Waals surface area contributed by atoms with Gasteiger partial charge < -0.3 is 10.4 Å². The van der Waals surface area contributed by atoms with E-state index in [9.17, 15) is 9.18 Å². The first-order chi connectivity index (χ1) is 8.08. The number of carboxylic acids is 1. The summed E-state index contributed by atoms with van der Waals surface area (Å²) in [5, 5.41) is 11.7. The molecule has 17 heavy (non-hydrogen) atoms. The number of thiazole rings is 1. The van der Waals surface area contributed by atoms with Crippen LogP contribution in [0.1, 0.15) is 9.67 Å². The summed E-state index contributed by atoms with van der Waals surface area (Å²) >= 11 is 6.53. The lowest BCUT2D eigenvalue weighted by Crippen LogP contribution is -1.93. The molecule has 0 amide bonds. The Morgan fingerprint density at radius 1 is 1.53 bits per heavy atom. The lowest BCUT2D eigenvalue weighted by molar-refractivity contribution is 0.0702. The Balaban J connectivity index is 2.25. The second-order valence-corrected chi connectivity index (χ2v) is 4.50. The molecular weight excluding hydrogens is 267 g/mol. The Morgan fingerprint density at radius 3 is 2.94 bits per heavy atom. The lowest BCUT2D eigenvalue weighted by atomic mass is 10.3. The first-order valence-corrected chi connectivity index (χ1v) is 5.67. The third kappa shape index (κ3) is 2.54. The molecule has 2 aromatic rings. The molecule has 7 heteroatoms. The van der Waals surface area contributed by atoms with Crippen LogP contribution in [0.2, 0.25) is 5.02 Å². The molecule has 0 aliphatic heterocycles. The van der Waals surface area contributed by atoms with Crippen molar-refractivity contribution >= 4 is 39.7 Å². The maximum Gasteiger partial charge on any atom is 0.347 e. The standard InChI is InChI=1S/C10H6ClFN2O2S/c11-5-2-1-3-6(8(5)12)14-10-13-4-7(17-10)9(15)16/h1-4H,(H,13,14)(H,15,16). The quantitative estimate of drug-likeness (QED) is 0.899. The van der Waals surface area contributed by atoms with Crippen molar-refractivity contribution in [1.29, 1.82) is 0 Å². The molecule has 1 aromatic carbocycles. The third-order valence-electron chi connectivity index (χ3n) is 1.91. The monoisotopic (exact) mass is 272 g/mol. The van der Waals surface area contributed by atoms with Gasteiger partial charge in [0.15, 0.2) is 10.9 Å². The fraction of sp³-hybridized carbons (Fsp3) is 0. The van der Waals surface area contributed by atoms with Crippen molar-refractivity contribution in [2.75, 3.05) is 5.32 Å². The van der Waals surface area contributed by atoms with Gasteiger partial charge >= 0.3 is 5.97 Å². The van der Waals surface area contributed by atoms with Gasteiger partial charge in [0, 0.05) is 0 Å². The number of hydrogen-bond donors (Lipinski definition) is 2. The Hall–Kier alpha value is -1.66. The number of carbonyl (C=O) groups is 1. The number of rotatable bonds is 3. The average molecular weight is 273 g/mol. The minimum atomic E-state index is -1.07. The number of benzene rings is 1. The first kappa shape index (κ1) is 11.8. The molecule has 0 saturated heterocycles. The van der Waals surface area contributed by atoms with E-state index in [4.69, 9.17) is 16.7 Å². The van der Waals surface area contributed by atoms with E-state index in [1.165, 1.54) is 18.3 Å². The maximum absolute atomic E-state index is 13.5. The molecule has 0 unspecified atom stereocenters. The highest BCUT2D eigenvalue weighted by Crippen LogP contribution is 2.27. The molecule has 0 atom stereocenters. The van der Waals surface area contributed by atoms with Crippen LogP contribution in [0.3, 0.4) is 0 Å². The molecule has 0 fully saturated rings. The van der Waals surface area contributed by atoms with Gasteiger partial charge in [-0.2, -0.15) is 0 Å². The van der Waals surface area contributed by atoms with E-state index in [2.05, 4.69) is 10.3 Å². The zero-order valence-corrected chi connectivity index (χ0v) is 9.85. The van der Waals surface area contributed by atoms with Crippen LogP contribution >= 0.6 is 22.9 Å². The molecule has 1 aromatic heterocycles. The predicted molar refractivity (Wildman–Crippen MR) is 63.8 cm³/mol. The summed E-state index contributed by atoms with van der Waals surface area (Å²) in [5.74, 6) is -1.66. The zero-order chi connectivity index (χ0) is 12.4. The zero-order valence-electron chi connectivity index (χ0n) is 8.28. The molecular formula is C10H6ClFN2O2S. The van der Waals surface area contributed by atoms with Gasteiger partial charge in [-0.15, -0.1) is 0 Å². The van der Waals surface area contributed by atoms with E-state index in [1.54, 1.807) is 6.07 Å². The van der Waals surface area contributed by atoms with Gasteiger partial charge in [0.2, 0.25) is 0 Å². The average Bonchev–Trinajstić information content (AvgIpc) is 2.73. The number of nitrogens with one attached hydrogen (secondary N) is 1. The predicted octanol–water partition coefficient (Wildman–Crippen LogP) is 3.38. The van der Waals surface area contributed by atoms with Gasteiger partial charge in [0.1, 0.15) is 4.88 Å². The maximum atomic E-state index is 13.5. The second kappa shape index (κ2) is 4.68. The van der Waals surface area contributed by atoms with Crippen molar-refractivity contribution in [3.63, 3.8) is 0 Å². The number of aromatic carboxylic acids is 1. The molecule has 0 aliphatic rings. The van der Waals surface area contributed by atoms with E-state index < -0.39 is 11.8 Å². The van der Waals surface area contributed by atoms with Crippen LogP contribution in [0.5, 0.6) is 0 Å². The fourth-order valence-electron chi connectivity index (χ4n) is 1.15. The van der Waals surface area contributed by atoms with Gasteiger partial charge in [0.25, 0.3) is 0 Å². The SMILES string of the molecule is O=C(O)c1cnc(Nc2cccc(Cl)c2F)s1. The third-order valence-corrected chi connectivity index (χ3v) is 3.10. The van der Waals surface area contributed by atoms with Crippen LogP contribution in [-0.4, -0.2) is 16.1 Å². The summed E-state index contributed by atoms with van der Waals surface area (Å²) in [4.78, 5) is 14.5. The van der Waals surface area contributed by atoms with E-state index in [0.29, 0.717) is 5.13 Å². The lowest BCUT2D eigenvalue weighted by Gasteiger charge is -2.04. The number of nitrogens with zero attached hydrogens (tertiary/aromatic N) is 1. The largest absolute Gasteiger partial charge is 0.477 e. The molecule has 0 radical (unpaired) electrons. The van der Waals surface area contributed by atoms with E-state index in [0.717, 1.165) is 11.3 Å². The first-order valence-electron chi connectivity index (χ1n) is 4.48. The number of halogens is 2. The Kier molecular flexibility index (Phi) is 3.26. The number of aromatic nitrogens is 1. The Morgan fingerprint density at radius 2 is 2.29 bits per heavy atom. The van der Waals surface area contributed by atoms with E-state index >= 15 is 0 Å².